The van der Waals surface area contributed by atoms with Gasteiger partial charge in [0.2, 0.25) is 11.9 Å². The van der Waals surface area contributed by atoms with E-state index in [1.165, 1.54) is 16.6 Å². The van der Waals surface area contributed by atoms with Crippen LogP contribution in [0.4, 0.5) is 28.8 Å². The third kappa shape index (κ3) is 12.7. The number of aldehydes is 1. The number of anilines is 5. The molecule has 4 heterocycles. The van der Waals surface area contributed by atoms with E-state index in [4.69, 9.17) is 14.5 Å². The Balaban J connectivity index is 0.891. The molecule has 4 N–H and O–H groups in total. The van der Waals surface area contributed by atoms with E-state index in [9.17, 15) is 19.2 Å². The van der Waals surface area contributed by atoms with Crippen LogP contribution in [-0.2, 0) is 22.6 Å². The maximum absolute atomic E-state index is 13.5. The molecule has 0 spiro atoms. The predicted molar refractivity (Wildman–Crippen MR) is 280 cm³/mol. The molecule has 4 aromatic rings. The molecule has 17 heteroatoms. The molecular formula is C53H73N10O6P. The normalized spacial score (nSPS) is 16.4. The second kappa shape index (κ2) is 24.8. The Morgan fingerprint density at radius 1 is 0.943 bits per heavy atom. The first-order chi connectivity index (χ1) is 33.9. The molecule has 3 amide bonds. The number of hydrogen-bond donors (Lipinski definition) is 4. The molecule has 2 unspecified atom stereocenters. The summed E-state index contributed by atoms with van der Waals surface area (Å²) < 4.78 is 12.2. The number of rotatable bonds is 23. The molecule has 1 aromatic heterocycles. The molecule has 0 saturated carbocycles. The summed E-state index contributed by atoms with van der Waals surface area (Å²) in [5.41, 5.74) is 5.85. The smallest absolute Gasteiger partial charge is 0.256 e. The van der Waals surface area contributed by atoms with Crippen molar-refractivity contribution in [2.24, 2.45) is 0 Å². The number of nitrogens with zero attached hydrogens (tertiary/aromatic N) is 6. The van der Waals surface area contributed by atoms with Crippen LogP contribution in [-0.4, -0.2) is 147 Å². The van der Waals surface area contributed by atoms with Gasteiger partial charge in [-0.25, -0.2) is 4.98 Å². The quantitative estimate of drug-likeness (QED) is 0.0343. The maximum Gasteiger partial charge on any atom is 0.256 e. The Hall–Kier alpha value is -5.83. The molecule has 0 aliphatic carbocycles. The SMILES string of the molecule is CCc1cc(Nc2ncc(C(=O)NC(C)CC)c(Nc3ccccc3P(C)C)n2)c(OC)cc1N1CCC(N2CCN(CCCCOc3cccc4c3CN(C(C=O)CCC(=O)NC)C4=O)CC2)CC1. The number of carbonyl (C=O) groups is 4. The van der Waals surface area contributed by atoms with E-state index in [-0.39, 0.29) is 36.6 Å². The summed E-state index contributed by atoms with van der Waals surface area (Å²) >= 11 is 0. The van der Waals surface area contributed by atoms with Gasteiger partial charge in [-0.2, -0.15) is 4.98 Å². The number of piperidine rings is 1. The van der Waals surface area contributed by atoms with Crippen molar-refractivity contribution in [3.8, 4) is 11.5 Å². The van der Waals surface area contributed by atoms with Crippen LogP contribution in [0, 0.1) is 0 Å². The standard InChI is InChI=1S/C53H73N10O6P/c1-8-36(3)56-51(66)41-33-55-53(59-50(41)57-43-16-10-11-18-48(43)70(6)7)58-44-31-37(9-2)45(32-47(44)68-5)62-24-21-38(22-25-62)61-28-26-60(27-29-61)23-12-13-30-69-46-17-14-15-40-42(46)34-63(52(40)67)39(35-64)19-20-49(65)54-4/h10-11,14-18,31-33,35-36,38-39H,8-9,12-13,19-30,34H2,1-7H3,(H,54,65)(H,56,66)(H2,55,57,58,59). The van der Waals surface area contributed by atoms with Gasteiger partial charge in [0.15, 0.2) is 0 Å². The van der Waals surface area contributed by atoms with Gasteiger partial charge in [-0.05, 0) is 107 Å². The van der Waals surface area contributed by atoms with E-state index in [1.54, 1.807) is 31.3 Å². The van der Waals surface area contributed by atoms with Gasteiger partial charge in [-0.15, -0.1) is 0 Å². The summed E-state index contributed by atoms with van der Waals surface area (Å²) in [6.07, 6.45) is 8.59. The minimum atomic E-state index is -0.659. The van der Waals surface area contributed by atoms with Crippen LogP contribution < -0.4 is 40.9 Å². The number of aromatic nitrogens is 2. The number of amides is 3. The molecule has 3 aliphatic heterocycles. The molecular weight excluding hydrogens is 904 g/mol. The predicted octanol–water partition coefficient (Wildman–Crippen LogP) is 6.93. The number of methoxy groups -OCH3 is 1. The van der Waals surface area contributed by atoms with Crippen molar-refractivity contribution in [2.45, 2.75) is 96.8 Å². The molecule has 376 valence electrons. The van der Waals surface area contributed by atoms with E-state index in [0.717, 1.165) is 108 Å². The molecule has 3 aliphatic rings. The first-order valence-electron chi connectivity index (χ1n) is 25.1. The number of nitrogens with one attached hydrogen (secondary N) is 4. The van der Waals surface area contributed by atoms with Gasteiger partial charge in [0.25, 0.3) is 11.8 Å². The summed E-state index contributed by atoms with van der Waals surface area (Å²) in [4.78, 5) is 69.2. The molecule has 3 aromatic carbocycles. The van der Waals surface area contributed by atoms with Gasteiger partial charge in [-0.1, -0.05) is 46.0 Å². The van der Waals surface area contributed by atoms with E-state index in [0.29, 0.717) is 53.6 Å². The van der Waals surface area contributed by atoms with Crippen molar-refractivity contribution < 1.29 is 28.7 Å². The van der Waals surface area contributed by atoms with Crippen molar-refractivity contribution in [3.63, 3.8) is 0 Å². The fourth-order valence-electron chi connectivity index (χ4n) is 9.66. The second-order valence-electron chi connectivity index (χ2n) is 18.7. The Morgan fingerprint density at radius 2 is 1.71 bits per heavy atom. The van der Waals surface area contributed by atoms with Crippen LogP contribution in [0.3, 0.4) is 0 Å². The largest absolute Gasteiger partial charge is 0.494 e. The van der Waals surface area contributed by atoms with E-state index in [2.05, 4.69) is 79.4 Å². The highest BCUT2D eigenvalue weighted by Crippen LogP contribution is 2.38. The highest BCUT2D eigenvalue weighted by atomic mass is 31.1. The highest BCUT2D eigenvalue weighted by Gasteiger charge is 2.35. The average molecular weight is 977 g/mol. The lowest BCUT2D eigenvalue weighted by molar-refractivity contribution is -0.121. The zero-order valence-corrected chi connectivity index (χ0v) is 43.1. The molecule has 16 nitrogen and oxygen atoms in total. The van der Waals surface area contributed by atoms with E-state index < -0.39 is 14.0 Å². The molecule has 2 atom stereocenters. The molecule has 2 saturated heterocycles. The van der Waals surface area contributed by atoms with Gasteiger partial charge in [0.1, 0.15) is 29.2 Å². The molecule has 70 heavy (non-hydrogen) atoms. The van der Waals surface area contributed by atoms with Crippen molar-refractivity contribution >= 4 is 66.1 Å². The topological polar surface area (TPSA) is 174 Å². The molecule has 2 fully saturated rings. The van der Waals surface area contributed by atoms with Crippen LogP contribution in [0.5, 0.6) is 11.5 Å². The monoisotopic (exact) mass is 977 g/mol. The maximum atomic E-state index is 13.5. The number of para-hydroxylation sites is 1. The highest BCUT2D eigenvalue weighted by molar-refractivity contribution is 7.64. The van der Waals surface area contributed by atoms with Crippen LogP contribution in [0.15, 0.2) is 60.8 Å². The Morgan fingerprint density at radius 3 is 2.41 bits per heavy atom. The summed E-state index contributed by atoms with van der Waals surface area (Å²) in [5.74, 6) is 1.61. The summed E-state index contributed by atoms with van der Waals surface area (Å²) in [5, 5.41) is 13.7. The lowest BCUT2D eigenvalue weighted by atomic mass is 9.99. The van der Waals surface area contributed by atoms with Gasteiger partial charge >= 0.3 is 0 Å². The van der Waals surface area contributed by atoms with Gasteiger partial charge < -0.3 is 50.2 Å². The van der Waals surface area contributed by atoms with E-state index >= 15 is 0 Å². The summed E-state index contributed by atoms with van der Waals surface area (Å²) in [6.45, 7) is 18.7. The minimum absolute atomic E-state index is 0.00637. The molecule has 0 bridgehead atoms. The third-order valence-electron chi connectivity index (χ3n) is 14.0. The lowest BCUT2D eigenvalue weighted by Gasteiger charge is -2.43. The zero-order chi connectivity index (χ0) is 49.7. The second-order valence-corrected chi connectivity index (χ2v) is 21.0. The van der Waals surface area contributed by atoms with Crippen molar-refractivity contribution in [2.75, 3.05) is 95.4 Å². The number of unbranched alkanes of at least 4 members (excludes halogenated alkanes) is 1. The zero-order valence-electron chi connectivity index (χ0n) is 42.2. The number of carbonyl (C=O) groups excluding carboxylic acids is 4. The van der Waals surface area contributed by atoms with Crippen molar-refractivity contribution in [1.82, 2.24) is 35.3 Å². The van der Waals surface area contributed by atoms with Crippen molar-refractivity contribution in [1.29, 1.82) is 0 Å². The van der Waals surface area contributed by atoms with E-state index in [1.807, 2.05) is 44.2 Å². The number of ether oxygens (including phenoxy) is 2. The fourth-order valence-corrected chi connectivity index (χ4v) is 10.7. The van der Waals surface area contributed by atoms with Crippen LogP contribution in [0.2, 0.25) is 0 Å². The number of aryl methyl sites for hydroxylation is 1. The van der Waals surface area contributed by atoms with Gasteiger partial charge in [0.05, 0.1) is 32.0 Å². The fraction of sp³-hybridized carbons (Fsp3) is 0.509. The number of piperazine rings is 1. The van der Waals surface area contributed by atoms with Gasteiger partial charge in [0, 0.05) is 99.6 Å². The van der Waals surface area contributed by atoms with Crippen LogP contribution >= 0.6 is 7.92 Å². The number of hydrogen-bond acceptors (Lipinski definition) is 13. The van der Waals surface area contributed by atoms with Crippen molar-refractivity contribution in [3.05, 3.63) is 83.0 Å². The minimum Gasteiger partial charge on any atom is -0.494 e. The molecule has 7 rings (SSSR count). The Kier molecular flexibility index (Phi) is 18.4. The Labute approximate surface area is 415 Å². The first kappa shape index (κ1) is 52.0. The first-order valence-corrected chi connectivity index (χ1v) is 27.3. The van der Waals surface area contributed by atoms with Gasteiger partial charge in [-0.3, -0.25) is 19.3 Å². The average Bonchev–Trinajstić information content (AvgIpc) is 3.72. The number of benzene rings is 3. The third-order valence-corrected chi connectivity index (χ3v) is 15.4. The van der Waals surface area contributed by atoms with Crippen LogP contribution in [0.25, 0.3) is 0 Å². The lowest BCUT2D eigenvalue weighted by Crippen LogP contribution is -2.53. The Bertz CT molecular complexity index is 2440. The number of fused-ring (bicyclic) bond motifs is 1. The van der Waals surface area contributed by atoms with Crippen LogP contribution in [0.1, 0.15) is 97.6 Å². The molecule has 0 radical (unpaired) electrons. The summed E-state index contributed by atoms with van der Waals surface area (Å²) in [7, 11) is 2.84. The summed E-state index contributed by atoms with van der Waals surface area (Å²) in [6, 6.07) is 17.9.